The monoisotopic (exact) mass is 386 g/mol. The van der Waals surface area contributed by atoms with Crippen molar-refractivity contribution in [2.75, 3.05) is 11.1 Å². The van der Waals surface area contributed by atoms with Crippen LogP contribution in [0.5, 0.6) is 0 Å². The van der Waals surface area contributed by atoms with E-state index in [0.717, 1.165) is 0 Å². The van der Waals surface area contributed by atoms with Crippen LogP contribution in [-0.4, -0.2) is 19.7 Å². The number of rotatable bonds is 3. The van der Waals surface area contributed by atoms with Gasteiger partial charge in [-0.15, -0.1) is 0 Å². The number of anilines is 3. The van der Waals surface area contributed by atoms with Crippen molar-refractivity contribution in [2.45, 2.75) is 0 Å². The first-order valence-corrected chi connectivity index (χ1v) is 8.33. The molecule has 0 radical (unpaired) electrons. The molecule has 0 spiro atoms. The van der Waals surface area contributed by atoms with Crippen LogP contribution in [0.3, 0.4) is 0 Å². The summed E-state index contributed by atoms with van der Waals surface area (Å²) in [5, 5.41) is 11.1. The maximum Gasteiger partial charge on any atom is 0.272 e. The number of nitrogen functional groups attached to an aromatic ring is 1. The summed E-state index contributed by atoms with van der Waals surface area (Å²) >= 11 is 11.9. The fourth-order valence-electron chi connectivity index (χ4n) is 2.57. The van der Waals surface area contributed by atoms with Gasteiger partial charge in [-0.05, 0) is 48.5 Å². The summed E-state index contributed by atoms with van der Waals surface area (Å²) in [7, 11) is 0. The number of H-pyrrole nitrogens is 1. The Morgan fingerprint density at radius 1 is 1.00 bits per heavy atom. The summed E-state index contributed by atoms with van der Waals surface area (Å²) < 4.78 is 1.42. The van der Waals surface area contributed by atoms with Crippen molar-refractivity contribution >= 4 is 51.7 Å². The lowest BCUT2D eigenvalue weighted by Crippen LogP contribution is -2.23. The quantitative estimate of drug-likeness (QED) is 0.497. The first-order chi connectivity index (χ1) is 12.5. The van der Waals surface area contributed by atoms with E-state index in [1.807, 2.05) is 0 Å². The zero-order chi connectivity index (χ0) is 18.3. The summed E-state index contributed by atoms with van der Waals surface area (Å²) in [5.41, 5.74) is 7.03. The zero-order valence-corrected chi connectivity index (χ0v) is 14.7. The van der Waals surface area contributed by atoms with E-state index in [2.05, 4.69) is 20.5 Å². The molecule has 2 aromatic heterocycles. The molecule has 2 heterocycles. The van der Waals surface area contributed by atoms with Crippen molar-refractivity contribution in [3.8, 4) is 5.69 Å². The Hall–Kier alpha value is -3.03. The molecule has 7 nitrogen and oxygen atoms in total. The van der Waals surface area contributed by atoms with E-state index in [-0.39, 0.29) is 22.4 Å². The van der Waals surface area contributed by atoms with Gasteiger partial charge in [0, 0.05) is 15.7 Å². The van der Waals surface area contributed by atoms with Crippen molar-refractivity contribution in [1.82, 2.24) is 19.7 Å². The molecule has 4 N–H and O–H groups in total. The fourth-order valence-corrected chi connectivity index (χ4v) is 2.82. The summed E-state index contributed by atoms with van der Waals surface area (Å²) in [4.78, 5) is 17.5. The number of halogens is 2. The molecule has 0 saturated heterocycles. The predicted octanol–water partition coefficient (Wildman–Crippen LogP) is 3.74. The topological polar surface area (TPSA) is 102 Å². The molecule has 2 aromatic carbocycles. The molecule has 0 fully saturated rings. The van der Waals surface area contributed by atoms with Crippen molar-refractivity contribution in [3.63, 3.8) is 0 Å². The van der Waals surface area contributed by atoms with Gasteiger partial charge in [-0.3, -0.25) is 9.89 Å². The van der Waals surface area contributed by atoms with Gasteiger partial charge in [0.1, 0.15) is 11.2 Å². The summed E-state index contributed by atoms with van der Waals surface area (Å²) in [5.74, 6) is 0.455. The normalized spacial score (nSPS) is 11.0. The Balaban J connectivity index is 1.95. The molecule has 4 rings (SSSR count). The van der Waals surface area contributed by atoms with Gasteiger partial charge in [0.25, 0.3) is 5.56 Å². The van der Waals surface area contributed by atoms with E-state index >= 15 is 0 Å². The van der Waals surface area contributed by atoms with Gasteiger partial charge in [0.15, 0.2) is 5.65 Å². The van der Waals surface area contributed by atoms with E-state index in [9.17, 15) is 4.79 Å². The highest BCUT2D eigenvalue weighted by Gasteiger charge is 2.17. The number of nitrogens with one attached hydrogen (secondary N) is 2. The van der Waals surface area contributed by atoms with E-state index in [4.69, 9.17) is 28.9 Å². The number of hydrogen-bond donors (Lipinski definition) is 3. The summed E-state index contributed by atoms with van der Waals surface area (Å²) in [6, 6.07) is 13.9. The lowest BCUT2D eigenvalue weighted by atomic mass is 10.3. The molecule has 9 heteroatoms. The van der Waals surface area contributed by atoms with Gasteiger partial charge in [-0.1, -0.05) is 23.2 Å². The molecule has 0 amide bonds. The Morgan fingerprint density at radius 3 is 2.27 bits per heavy atom. The van der Waals surface area contributed by atoms with E-state index < -0.39 is 0 Å². The minimum atomic E-state index is -0.347. The van der Waals surface area contributed by atoms with Crippen molar-refractivity contribution in [3.05, 3.63) is 68.9 Å². The first kappa shape index (κ1) is 16.4. The SMILES string of the molecule is Nc1[nH]nc2nc(Nc3ccc(Cl)cc3)n(-c3ccc(Cl)cc3)c(=O)c12. The molecule has 0 aliphatic carbocycles. The highest BCUT2D eigenvalue weighted by molar-refractivity contribution is 6.30. The third-order valence-corrected chi connectivity index (χ3v) is 4.30. The smallest absolute Gasteiger partial charge is 0.272 e. The standard InChI is InChI=1S/C17H12Cl2N6O/c18-9-1-5-11(6-2-9)21-17-22-15-13(14(20)23-24-15)16(26)25(17)12-7-3-10(19)4-8-12/h1-8H,(H4,20,21,22,23,24). The van der Waals surface area contributed by atoms with Crippen molar-refractivity contribution in [1.29, 1.82) is 0 Å². The number of nitrogens with two attached hydrogens (primary N) is 1. The van der Waals surface area contributed by atoms with Crippen LogP contribution < -0.4 is 16.6 Å². The maximum absolute atomic E-state index is 13.0. The van der Waals surface area contributed by atoms with E-state index in [1.165, 1.54) is 4.57 Å². The van der Waals surface area contributed by atoms with Crippen LogP contribution in [0, 0.1) is 0 Å². The van der Waals surface area contributed by atoms with Crippen molar-refractivity contribution < 1.29 is 0 Å². The Morgan fingerprint density at radius 2 is 1.62 bits per heavy atom. The molecule has 0 unspecified atom stereocenters. The zero-order valence-electron chi connectivity index (χ0n) is 13.2. The average molecular weight is 387 g/mol. The summed E-state index contributed by atoms with van der Waals surface area (Å²) in [6.45, 7) is 0. The van der Waals surface area contributed by atoms with Gasteiger partial charge < -0.3 is 11.1 Å². The highest BCUT2D eigenvalue weighted by atomic mass is 35.5. The molecular weight excluding hydrogens is 375 g/mol. The molecule has 0 aliphatic heterocycles. The number of nitrogens with zero attached hydrogens (tertiary/aromatic N) is 3. The van der Waals surface area contributed by atoms with Crippen LogP contribution in [0.1, 0.15) is 0 Å². The molecule has 130 valence electrons. The van der Waals surface area contributed by atoms with Crippen LogP contribution in [0.4, 0.5) is 17.5 Å². The number of fused-ring (bicyclic) bond motifs is 1. The van der Waals surface area contributed by atoms with Crippen LogP contribution in [0.15, 0.2) is 53.3 Å². The minimum absolute atomic E-state index is 0.165. The molecule has 26 heavy (non-hydrogen) atoms. The second kappa shape index (κ2) is 6.36. The second-order valence-corrected chi connectivity index (χ2v) is 6.39. The van der Waals surface area contributed by atoms with Crippen LogP contribution >= 0.6 is 23.2 Å². The third kappa shape index (κ3) is 2.87. The molecular formula is C17H12Cl2N6O. The Kier molecular flexibility index (Phi) is 4.02. The van der Waals surface area contributed by atoms with Gasteiger partial charge in [-0.25, -0.2) is 4.57 Å². The number of aromatic amines is 1. The third-order valence-electron chi connectivity index (χ3n) is 3.80. The lowest BCUT2D eigenvalue weighted by molar-refractivity contribution is 0.969. The summed E-state index contributed by atoms with van der Waals surface area (Å²) in [6.07, 6.45) is 0. The maximum atomic E-state index is 13.0. The van der Waals surface area contributed by atoms with Gasteiger partial charge in [0.2, 0.25) is 5.95 Å². The van der Waals surface area contributed by atoms with Crippen molar-refractivity contribution in [2.24, 2.45) is 0 Å². The van der Waals surface area contributed by atoms with Crippen LogP contribution in [0.25, 0.3) is 16.7 Å². The molecule has 0 bridgehead atoms. The molecule has 4 aromatic rings. The Labute approximate surface area is 157 Å². The second-order valence-electron chi connectivity index (χ2n) is 5.52. The van der Waals surface area contributed by atoms with Gasteiger partial charge >= 0.3 is 0 Å². The minimum Gasteiger partial charge on any atom is -0.383 e. The van der Waals surface area contributed by atoms with E-state index in [1.54, 1.807) is 48.5 Å². The molecule has 0 aliphatic rings. The van der Waals surface area contributed by atoms with Crippen LogP contribution in [0.2, 0.25) is 10.0 Å². The van der Waals surface area contributed by atoms with E-state index in [0.29, 0.717) is 27.4 Å². The average Bonchev–Trinajstić information content (AvgIpc) is 2.99. The number of aromatic nitrogens is 4. The number of benzene rings is 2. The number of hydrogen-bond acceptors (Lipinski definition) is 5. The van der Waals surface area contributed by atoms with Crippen LogP contribution in [-0.2, 0) is 0 Å². The largest absolute Gasteiger partial charge is 0.383 e. The first-order valence-electron chi connectivity index (χ1n) is 7.58. The fraction of sp³-hybridized carbons (Fsp3) is 0. The molecule has 0 atom stereocenters. The highest BCUT2D eigenvalue weighted by Crippen LogP contribution is 2.23. The Bertz CT molecular complexity index is 1150. The predicted molar refractivity (Wildman–Crippen MR) is 104 cm³/mol. The van der Waals surface area contributed by atoms with Gasteiger partial charge in [0.05, 0.1) is 5.69 Å². The lowest BCUT2D eigenvalue weighted by Gasteiger charge is -2.14. The molecule has 0 saturated carbocycles. The van der Waals surface area contributed by atoms with Gasteiger partial charge in [-0.2, -0.15) is 10.1 Å².